The molecule has 0 radical (unpaired) electrons. The Morgan fingerprint density at radius 1 is 1.50 bits per heavy atom. The molecule has 0 unspecified atom stereocenters. The fourth-order valence-electron chi connectivity index (χ4n) is 1.62. The lowest BCUT2D eigenvalue weighted by atomic mass is 10.1. The van der Waals surface area contributed by atoms with Crippen molar-refractivity contribution in [2.45, 2.75) is 33.6 Å². The zero-order chi connectivity index (χ0) is 12.1. The molecule has 0 saturated carbocycles. The lowest BCUT2D eigenvalue weighted by Crippen LogP contribution is -1.98. The molecule has 86 valence electrons. The number of aryl methyl sites for hydroxylation is 1. The number of rotatable bonds is 3. The van der Waals surface area contributed by atoms with Crippen molar-refractivity contribution in [2.75, 3.05) is 0 Å². The van der Waals surface area contributed by atoms with Crippen molar-refractivity contribution in [1.29, 1.82) is 0 Å². The topological polar surface area (TPSA) is 52.0 Å². The lowest BCUT2D eigenvalue weighted by molar-refractivity contribution is 0.936. The average Bonchev–Trinajstić information content (AvgIpc) is 2.58. The van der Waals surface area contributed by atoms with Crippen molar-refractivity contribution in [2.24, 2.45) is 11.5 Å². The summed E-state index contributed by atoms with van der Waals surface area (Å²) in [6.45, 7) is 6.08. The number of thiophene rings is 1. The molecular weight excluding hydrogens is 216 g/mol. The zero-order valence-corrected chi connectivity index (χ0v) is 10.9. The van der Waals surface area contributed by atoms with Crippen molar-refractivity contribution in [1.82, 2.24) is 0 Å². The molecule has 3 heteroatoms. The molecule has 0 bridgehead atoms. The van der Waals surface area contributed by atoms with E-state index in [4.69, 9.17) is 11.5 Å². The molecule has 0 fully saturated rings. The van der Waals surface area contributed by atoms with Gasteiger partial charge in [0.2, 0.25) is 0 Å². The van der Waals surface area contributed by atoms with Gasteiger partial charge < -0.3 is 11.5 Å². The Kier molecular flexibility index (Phi) is 4.45. The minimum Gasteiger partial charge on any atom is -0.403 e. The van der Waals surface area contributed by atoms with E-state index in [1.807, 2.05) is 6.92 Å². The molecule has 1 rings (SSSR count). The average molecular weight is 234 g/mol. The third-order valence-corrected chi connectivity index (χ3v) is 3.79. The first-order valence-electron chi connectivity index (χ1n) is 5.38. The van der Waals surface area contributed by atoms with Crippen LogP contribution in [0.25, 0.3) is 5.70 Å². The Balaban J connectivity index is 3.33. The molecular formula is C13H18N2S. The number of hydrogen-bond donors (Lipinski definition) is 2. The van der Waals surface area contributed by atoms with Crippen LogP contribution in [0.5, 0.6) is 0 Å². The third kappa shape index (κ3) is 2.40. The Labute approximate surface area is 101 Å². The van der Waals surface area contributed by atoms with Gasteiger partial charge in [0.25, 0.3) is 0 Å². The van der Waals surface area contributed by atoms with Gasteiger partial charge in [-0.15, -0.1) is 17.3 Å². The quantitative estimate of drug-likeness (QED) is 0.790. The van der Waals surface area contributed by atoms with Crippen LogP contribution >= 0.6 is 11.3 Å². The van der Waals surface area contributed by atoms with Crippen LogP contribution in [0.15, 0.2) is 6.20 Å². The second-order valence-electron chi connectivity index (χ2n) is 3.60. The van der Waals surface area contributed by atoms with Crippen LogP contribution in [0.3, 0.4) is 0 Å². The first-order valence-corrected chi connectivity index (χ1v) is 6.20. The summed E-state index contributed by atoms with van der Waals surface area (Å²) in [6.07, 6.45) is 3.62. The molecule has 0 aliphatic carbocycles. The summed E-state index contributed by atoms with van der Waals surface area (Å²) in [6, 6.07) is 0. The molecule has 1 heterocycles. The van der Waals surface area contributed by atoms with Gasteiger partial charge in [-0.1, -0.05) is 19.3 Å². The highest BCUT2D eigenvalue weighted by Gasteiger charge is 2.14. The summed E-state index contributed by atoms with van der Waals surface area (Å²) in [5.41, 5.74) is 14.3. The summed E-state index contributed by atoms with van der Waals surface area (Å²) in [4.78, 5) is 2.37. The second kappa shape index (κ2) is 5.62. The largest absolute Gasteiger partial charge is 0.403 e. The van der Waals surface area contributed by atoms with Gasteiger partial charge in [0, 0.05) is 16.6 Å². The van der Waals surface area contributed by atoms with Crippen LogP contribution in [-0.4, -0.2) is 0 Å². The predicted molar refractivity (Wildman–Crippen MR) is 72.0 cm³/mol. The van der Waals surface area contributed by atoms with Crippen LogP contribution in [0, 0.1) is 18.8 Å². The molecule has 0 saturated heterocycles. The first-order chi connectivity index (χ1) is 7.65. The molecule has 0 aromatic carbocycles. The van der Waals surface area contributed by atoms with Gasteiger partial charge in [0.05, 0.1) is 10.6 Å². The van der Waals surface area contributed by atoms with Gasteiger partial charge >= 0.3 is 0 Å². The number of hydrogen-bond acceptors (Lipinski definition) is 3. The maximum atomic E-state index is 5.87. The number of nitrogens with two attached hydrogens (primary N) is 2. The van der Waals surface area contributed by atoms with E-state index >= 15 is 0 Å². The smallest absolute Gasteiger partial charge is 0.0649 e. The third-order valence-electron chi connectivity index (χ3n) is 2.39. The summed E-state index contributed by atoms with van der Waals surface area (Å²) >= 11 is 1.71. The van der Waals surface area contributed by atoms with Crippen molar-refractivity contribution in [3.63, 3.8) is 0 Å². The van der Waals surface area contributed by atoms with Crippen LogP contribution in [-0.2, 0) is 6.42 Å². The van der Waals surface area contributed by atoms with Crippen molar-refractivity contribution in [3.8, 4) is 11.8 Å². The van der Waals surface area contributed by atoms with Crippen molar-refractivity contribution < 1.29 is 0 Å². The highest BCUT2D eigenvalue weighted by Crippen LogP contribution is 2.31. The molecule has 0 aliphatic heterocycles. The molecule has 4 N–H and O–H groups in total. The van der Waals surface area contributed by atoms with Gasteiger partial charge in [0.1, 0.15) is 0 Å². The minimum absolute atomic E-state index is 0.643. The van der Waals surface area contributed by atoms with Gasteiger partial charge in [-0.05, 0) is 25.8 Å². The highest BCUT2D eigenvalue weighted by atomic mass is 32.1. The fraction of sp³-hybridized carbons (Fsp3) is 0.385. The molecule has 0 atom stereocenters. The Bertz CT molecular complexity index is 458. The molecule has 0 amide bonds. The van der Waals surface area contributed by atoms with E-state index in [9.17, 15) is 0 Å². The van der Waals surface area contributed by atoms with Crippen LogP contribution in [0.1, 0.15) is 41.1 Å². The standard InChI is InChI=1S/C13H18N2S/c1-4-6-10-9(3)13(11(15)8-14)16-12(10)7-5-2/h8H,5,7,14-15H2,1-3H3/b11-8+. The molecule has 2 nitrogen and oxygen atoms in total. The van der Waals surface area contributed by atoms with Gasteiger partial charge in [-0.25, -0.2) is 0 Å². The van der Waals surface area contributed by atoms with E-state index < -0.39 is 0 Å². The molecule has 0 spiro atoms. The summed E-state index contributed by atoms with van der Waals surface area (Å²) in [7, 11) is 0. The van der Waals surface area contributed by atoms with E-state index in [-0.39, 0.29) is 0 Å². The summed E-state index contributed by atoms with van der Waals surface area (Å²) in [5, 5.41) is 0. The first kappa shape index (κ1) is 12.7. The SMILES string of the molecule is CC#Cc1c(CCC)sc(/C(N)=C\N)c1C. The van der Waals surface area contributed by atoms with E-state index in [1.54, 1.807) is 11.3 Å². The van der Waals surface area contributed by atoms with Crippen LogP contribution < -0.4 is 11.5 Å². The highest BCUT2D eigenvalue weighted by molar-refractivity contribution is 7.13. The molecule has 0 aliphatic rings. The summed E-state index contributed by atoms with van der Waals surface area (Å²) in [5.74, 6) is 6.12. The summed E-state index contributed by atoms with van der Waals surface area (Å²) < 4.78 is 0. The minimum atomic E-state index is 0.643. The van der Waals surface area contributed by atoms with E-state index in [1.165, 1.54) is 11.1 Å². The predicted octanol–water partition coefficient (Wildman–Crippen LogP) is 2.60. The Morgan fingerprint density at radius 2 is 2.19 bits per heavy atom. The van der Waals surface area contributed by atoms with E-state index in [0.29, 0.717) is 5.70 Å². The Hall–Kier alpha value is -1.40. The fourth-order valence-corrected chi connectivity index (χ4v) is 2.92. The monoisotopic (exact) mass is 234 g/mol. The normalized spacial score (nSPS) is 11.1. The molecule has 1 aromatic heterocycles. The van der Waals surface area contributed by atoms with Crippen molar-refractivity contribution in [3.05, 3.63) is 27.1 Å². The Morgan fingerprint density at radius 3 is 2.69 bits per heavy atom. The van der Waals surface area contributed by atoms with E-state index in [0.717, 1.165) is 28.8 Å². The molecule has 16 heavy (non-hydrogen) atoms. The van der Waals surface area contributed by atoms with Gasteiger partial charge in [-0.2, -0.15) is 0 Å². The van der Waals surface area contributed by atoms with Crippen LogP contribution in [0.2, 0.25) is 0 Å². The molecule has 1 aromatic rings. The second-order valence-corrected chi connectivity index (χ2v) is 4.71. The maximum Gasteiger partial charge on any atom is 0.0649 e. The van der Waals surface area contributed by atoms with Crippen molar-refractivity contribution >= 4 is 17.0 Å². The van der Waals surface area contributed by atoms with Crippen LogP contribution in [0.4, 0.5) is 0 Å². The maximum absolute atomic E-state index is 5.87. The van der Waals surface area contributed by atoms with E-state index in [2.05, 4.69) is 25.7 Å². The lowest BCUT2D eigenvalue weighted by Gasteiger charge is -1.97. The zero-order valence-electron chi connectivity index (χ0n) is 10.1. The van der Waals surface area contributed by atoms with Gasteiger partial charge in [-0.3, -0.25) is 0 Å². The van der Waals surface area contributed by atoms with Gasteiger partial charge in [0.15, 0.2) is 0 Å².